The molecule has 2 fully saturated rings. The Morgan fingerprint density at radius 3 is 2.53 bits per heavy atom. The van der Waals surface area contributed by atoms with Gasteiger partial charge in [-0.15, -0.1) is 12.4 Å². The zero-order valence-electron chi connectivity index (χ0n) is 9.00. The quantitative estimate of drug-likeness (QED) is 0.704. The minimum absolute atomic E-state index is 0. The topological polar surface area (TPSA) is 58.4 Å². The van der Waals surface area contributed by atoms with E-state index in [2.05, 4.69) is 10.2 Å². The van der Waals surface area contributed by atoms with E-state index in [4.69, 9.17) is 5.73 Å². The predicted molar refractivity (Wildman–Crippen MR) is 62.0 cm³/mol. The monoisotopic (exact) mass is 233 g/mol. The number of carbonyl (C=O) groups is 1. The molecule has 0 radical (unpaired) electrons. The number of likely N-dealkylation sites (tertiary alicyclic amines) is 1. The van der Waals surface area contributed by atoms with E-state index in [1.54, 1.807) is 0 Å². The molecule has 5 heteroatoms. The van der Waals surface area contributed by atoms with E-state index in [9.17, 15) is 4.79 Å². The van der Waals surface area contributed by atoms with Crippen LogP contribution < -0.4 is 11.1 Å². The Hall–Kier alpha value is -0.320. The number of piperidine rings is 1. The van der Waals surface area contributed by atoms with Crippen LogP contribution in [0.5, 0.6) is 0 Å². The van der Waals surface area contributed by atoms with Crippen LogP contribution in [0.25, 0.3) is 0 Å². The molecule has 0 saturated carbocycles. The van der Waals surface area contributed by atoms with Gasteiger partial charge in [0.25, 0.3) is 0 Å². The molecule has 2 heterocycles. The van der Waals surface area contributed by atoms with Gasteiger partial charge in [-0.05, 0) is 31.3 Å². The Morgan fingerprint density at radius 2 is 2.07 bits per heavy atom. The second-order valence-corrected chi connectivity index (χ2v) is 4.58. The van der Waals surface area contributed by atoms with Crippen molar-refractivity contribution in [2.24, 2.45) is 11.1 Å². The van der Waals surface area contributed by atoms with E-state index in [0.29, 0.717) is 0 Å². The molecule has 0 aromatic carbocycles. The third kappa shape index (κ3) is 2.83. The van der Waals surface area contributed by atoms with E-state index >= 15 is 0 Å². The minimum Gasteiger partial charge on any atom is -0.356 e. The number of hydrogen-bond acceptors (Lipinski definition) is 3. The highest BCUT2D eigenvalue weighted by Crippen LogP contribution is 2.37. The molecule has 4 nitrogen and oxygen atoms in total. The zero-order valence-corrected chi connectivity index (χ0v) is 9.81. The zero-order chi connectivity index (χ0) is 10.0. The first-order valence-corrected chi connectivity index (χ1v) is 5.43. The van der Waals surface area contributed by atoms with Crippen LogP contribution >= 0.6 is 12.4 Å². The van der Waals surface area contributed by atoms with Gasteiger partial charge in [-0.2, -0.15) is 0 Å². The lowest BCUT2D eigenvalue weighted by Gasteiger charge is -2.37. The lowest BCUT2D eigenvalue weighted by atomic mass is 9.78. The van der Waals surface area contributed by atoms with Gasteiger partial charge in [-0.1, -0.05) is 0 Å². The number of nitrogens with zero attached hydrogens (tertiary/aromatic N) is 1. The summed E-state index contributed by atoms with van der Waals surface area (Å²) in [5.74, 6) is 0.234. The fourth-order valence-electron chi connectivity index (χ4n) is 2.54. The standard InChI is InChI=1S/C10H19N3O.ClH/c11-3-6-13-4-1-10(2-5-13)7-9(14)12-8-10;/h1-8,11H2,(H,12,14);1H. The van der Waals surface area contributed by atoms with Gasteiger partial charge in [0.2, 0.25) is 5.91 Å². The normalized spacial score (nSPS) is 25.0. The molecule has 0 aromatic heterocycles. The van der Waals surface area contributed by atoms with Crippen LogP contribution in [0.1, 0.15) is 19.3 Å². The number of carbonyl (C=O) groups excluding carboxylic acids is 1. The van der Waals surface area contributed by atoms with Gasteiger partial charge >= 0.3 is 0 Å². The molecule has 0 aliphatic carbocycles. The first kappa shape index (κ1) is 12.7. The summed E-state index contributed by atoms with van der Waals surface area (Å²) in [5.41, 5.74) is 5.80. The van der Waals surface area contributed by atoms with Crippen molar-refractivity contribution in [1.82, 2.24) is 10.2 Å². The molecule has 2 aliphatic rings. The van der Waals surface area contributed by atoms with Crippen molar-refractivity contribution in [2.75, 3.05) is 32.7 Å². The summed E-state index contributed by atoms with van der Waals surface area (Å²) in [6, 6.07) is 0. The van der Waals surface area contributed by atoms with Crippen molar-refractivity contribution in [1.29, 1.82) is 0 Å². The summed E-state index contributed by atoms with van der Waals surface area (Å²) in [5, 5.41) is 2.94. The van der Waals surface area contributed by atoms with E-state index in [1.807, 2.05) is 0 Å². The summed E-state index contributed by atoms with van der Waals surface area (Å²) in [4.78, 5) is 13.6. The molecule has 0 bridgehead atoms. The maximum Gasteiger partial charge on any atom is 0.220 e. The molecule has 2 rings (SSSR count). The number of hydrogen-bond donors (Lipinski definition) is 2. The Kier molecular flexibility index (Phi) is 4.37. The van der Waals surface area contributed by atoms with E-state index in [0.717, 1.165) is 52.0 Å². The van der Waals surface area contributed by atoms with Crippen molar-refractivity contribution < 1.29 is 4.79 Å². The van der Waals surface area contributed by atoms with Gasteiger partial charge in [0.1, 0.15) is 0 Å². The van der Waals surface area contributed by atoms with Gasteiger partial charge in [0, 0.05) is 26.1 Å². The summed E-state index contributed by atoms with van der Waals surface area (Å²) in [6.07, 6.45) is 3.03. The van der Waals surface area contributed by atoms with Crippen LogP contribution in [0.3, 0.4) is 0 Å². The average Bonchev–Trinajstić information content (AvgIpc) is 2.53. The van der Waals surface area contributed by atoms with Crippen LogP contribution in [0.4, 0.5) is 0 Å². The molecule has 3 N–H and O–H groups in total. The summed E-state index contributed by atoms with van der Waals surface area (Å²) >= 11 is 0. The van der Waals surface area contributed by atoms with Gasteiger partial charge in [-0.3, -0.25) is 4.79 Å². The van der Waals surface area contributed by atoms with Crippen LogP contribution in [-0.4, -0.2) is 43.5 Å². The number of rotatable bonds is 2. The Morgan fingerprint density at radius 1 is 1.40 bits per heavy atom. The highest BCUT2D eigenvalue weighted by Gasteiger charge is 2.40. The van der Waals surface area contributed by atoms with Crippen molar-refractivity contribution >= 4 is 18.3 Å². The highest BCUT2D eigenvalue weighted by molar-refractivity contribution is 5.85. The van der Waals surface area contributed by atoms with Crippen LogP contribution in [-0.2, 0) is 4.79 Å². The van der Waals surface area contributed by atoms with Gasteiger partial charge < -0.3 is 16.0 Å². The maximum atomic E-state index is 11.2. The number of amides is 1. The minimum atomic E-state index is 0. The molecule has 1 amide bonds. The fourth-order valence-corrected chi connectivity index (χ4v) is 2.54. The smallest absolute Gasteiger partial charge is 0.220 e. The van der Waals surface area contributed by atoms with Crippen LogP contribution in [0.15, 0.2) is 0 Å². The third-order valence-corrected chi connectivity index (χ3v) is 3.56. The van der Waals surface area contributed by atoms with Crippen molar-refractivity contribution in [3.05, 3.63) is 0 Å². The number of nitrogens with two attached hydrogens (primary N) is 1. The van der Waals surface area contributed by atoms with E-state index < -0.39 is 0 Å². The summed E-state index contributed by atoms with van der Waals surface area (Å²) < 4.78 is 0. The first-order chi connectivity index (χ1) is 6.74. The van der Waals surface area contributed by atoms with Crippen molar-refractivity contribution in [3.8, 4) is 0 Å². The lowest BCUT2D eigenvalue weighted by Crippen LogP contribution is -2.42. The van der Waals surface area contributed by atoms with E-state index in [-0.39, 0.29) is 23.7 Å². The number of halogens is 1. The fraction of sp³-hybridized carbons (Fsp3) is 0.900. The molecule has 2 saturated heterocycles. The molecule has 2 aliphatic heterocycles. The average molecular weight is 234 g/mol. The summed E-state index contributed by atoms with van der Waals surface area (Å²) in [7, 11) is 0. The maximum absolute atomic E-state index is 11.2. The van der Waals surface area contributed by atoms with Crippen LogP contribution in [0.2, 0.25) is 0 Å². The number of nitrogens with one attached hydrogen (secondary N) is 1. The third-order valence-electron chi connectivity index (χ3n) is 3.56. The van der Waals surface area contributed by atoms with Crippen molar-refractivity contribution in [2.45, 2.75) is 19.3 Å². The highest BCUT2D eigenvalue weighted by atomic mass is 35.5. The SMILES string of the molecule is Cl.NCCN1CCC2(CC1)CNC(=O)C2. The molecule has 0 unspecified atom stereocenters. The summed E-state index contributed by atoms with van der Waals surface area (Å²) in [6.45, 7) is 4.84. The van der Waals surface area contributed by atoms with Gasteiger partial charge in [-0.25, -0.2) is 0 Å². The Labute approximate surface area is 97.0 Å². The molecular formula is C10H20ClN3O. The second-order valence-electron chi connectivity index (χ2n) is 4.58. The van der Waals surface area contributed by atoms with Gasteiger partial charge in [0.05, 0.1) is 0 Å². The molecule has 15 heavy (non-hydrogen) atoms. The predicted octanol–water partition coefficient (Wildman–Crippen LogP) is -0.0310. The lowest BCUT2D eigenvalue weighted by molar-refractivity contribution is -0.119. The molecular weight excluding hydrogens is 214 g/mol. The Bertz CT molecular complexity index is 227. The molecule has 0 aromatic rings. The Balaban J connectivity index is 0.00000112. The van der Waals surface area contributed by atoms with E-state index in [1.165, 1.54) is 0 Å². The van der Waals surface area contributed by atoms with Crippen LogP contribution in [0, 0.1) is 5.41 Å². The first-order valence-electron chi connectivity index (χ1n) is 5.43. The molecule has 88 valence electrons. The van der Waals surface area contributed by atoms with Gasteiger partial charge in [0.15, 0.2) is 0 Å². The molecule has 0 atom stereocenters. The molecule has 1 spiro atoms. The largest absolute Gasteiger partial charge is 0.356 e. The van der Waals surface area contributed by atoms with Crippen molar-refractivity contribution in [3.63, 3.8) is 0 Å². The second kappa shape index (κ2) is 5.14.